The zero-order valence-corrected chi connectivity index (χ0v) is 9.17. The van der Waals surface area contributed by atoms with Crippen LogP contribution in [-0.2, 0) is 0 Å². The molecule has 0 amide bonds. The molecular formula is C9H15N7. The molecule has 2 rings (SSSR count). The lowest BCUT2D eigenvalue weighted by Gasteiger charge is -2.10. The maximum absolute atomic E-state index is 5.83. The van der Waals surface area contributed by atoms with Crippen LogP contribution >= 0.6 is 0 Å². The van der Waals surface area contributed by atoms with Crippen LogP contribution in [0.15, 0.2) is 12.4 Å². The minimum Gasteiger partial charge on any atom is -0.369 e. The Morgan fingerprint density at radius 3 is 3.19 bits per heavy atom. The molecule has 3 N–H and O–H groups in total. The summed E-state index contributed by atoms with van der Waals surface area (Å²) >= 11 is 0. The van der Waals surface area contributed by atoms with Gasteiger partial charge in [0.1, 0.15) is 5.82 Å². The van der Waals surface area contributed by atoms with E-state index in [0.717, 1.165) is 25.2 Å². The summed E-state index contributed by atoms with van der Waals surface area (Å²) in [6.45, 7) is 2.87. The molecule has 0 aliphatic carbocycles. The minimum absolute atomic E-state index is 0.230. The van der Waals surface area contributed by atoms with E-state index < -0.39 is 0 Å². The first-order chi connectivity index (χ1) is 7.81. The Hall–Kier alpha value is -1.76. The molecule has 0 fully saturated rings. The number of hydrogen-bond donors (Lipinski definition) is 2. The summed E-state index contributed by atoms with van der Waals surface area (Å²) in [4.78, 5) is 4.05. The van der Waals surface area contributed by atoms with Gasteiger partial charge in [-0.05, 0) is 23.3 Å². The van der Waals surface area contributed by atoms with Crippen LogP contribution in [0.4, 0.5) is 5.82 Å². The quantitative estimate of drug-likeness (QED) is 0.741. The van der Waals surface area contributed by atoms with Crippen molar-refractivity contribution in [2.45, 2.75) is 25.8 Å². The summed E-state index contributed by atoms with van der Waals surface area (Å²) in [5.74, 6) is 0.783. The van der Waals surface area contributed by atoms with Gasteiger partial charge in [0.15, 0.2) is 5.65 Å². The van der Waals surface area contributed by atoms with Gasteiger partial charge in [-0.25, -0.2) is 0 Å². The molecule has 2 aromatic rings. The topological polar surface area (TPSA) is 94.0 Å². The number of nitrogens with one attached hydrogen (secondary N) is 1. The normalized spacial score (nSPS) is 12.9. The van der Waals surface area contributed by atoms with Crippen LogP contribution in [-0.4, -0.2) is 37.6 Å². The van der Waals surface area contributed by atoms with Crippen molar-refractivity contribution in [2.75, 3.05) is 11.9 Å². The van der Waals surface area contributed by atoms with Crippen molar-refractivity contribution in [1.82, 2.24) is 25.0 Å². The van der Waals surface area contributed by atoms with Crippen molar-refractivity contribution in [3.8, 4) is 0 Å². The fourth-order valence-corrected chi connectivity index (χ4v) is 1.39. The van der Waals surface area contributed by atoms with Crippen molar-refractivity contribution in [2.24, 2.45) is 5.73 Å². The minimum atomic E-state index is 0.230. The molecule has 0 radical (unpaired) electrons. The Labute approximate surface area is 93.0 Å². The van der Waals surface area contributed by atoms with Gasteiger partial charge in [0.05, 0.1) is 12.4 Å². The Bertz CT molecular complexity index is 452. The highest BCUT2D eigenvalue weighted by Crippen LogP contribution is 2.06. The van der Waals surface area contributed by atoms with Crippen LogP contribution in [0.2, 0.25) is 0 Å². The highest BCUT2D eigenvalue weighted by Gasteiger charge is 2.04. The second kappa shape index (κ2) is 4.84. The molecule has 7 nitrogen and oxygen atoms in total. The molecule has 86 valence electrons. The molecule has 0 saturated heterocycles. The molecule has 1 atom stereocenters. The Balaban J connectivity index is 2.01. The van der Waals surface area contributed by atoms with Crippen LogP contribution < -0.4 is 11.1 Å². The van der Waals surface area contributed by atoms with E-state index in [1.54, 1.807) is 16.9 Å². The molecule has 1 unspecified atom stereocenters. The Morgan fingerprint density at radius 1 is 1.50 bits per heavy atom. The standard InChI is InChI=1S/C9H15N7/c1-2-7(10)3-4-12-8-5-11-6-9-13-14-15-16(8)9/h5-7,12H,2-4,10H2,1H3. The van der Waals surface area contributed by atoms with Crippen molar-refractivity contribution >= 4 is 11.5 Å². The van der Waals surface area contributed by atoms with Gasteiger partial charge in [-0.2, -0.15) is 4.52 Å². The zero-order chi connectivity index (χ0) is 11.4. The number of hydrogen-bond acceptors (Lipinski definition) is 6. The van der Waals surface area contributed by atoms with Gasteiger partial charge in [0.25, 0.3) is 0 Å². The molecule has 0 aliphatic heterocycles. The number of fused-ring (bicyclic) bond motifs is 1. The smallest absolute Gasteiger partial charge is 0.199 e. The van der Waals surface area contributed by atoms with E-state index in [2.05, 4.69) is 32.7 Å². The average molecular weight is 221 g/mol. The molecule has 0 spiro atoms. The first kappa shape index (κ1) is 10.7. The van der Waals surface area contributed by atoms with Crippen LogP contribution in [0.25, 0.3) is 5.65 Å². The molecule has 0 bridgehead atoms. The number of nitrogens with zero attached hydrogens (tertiary/aromatic N) is 5. The van der Waals surface area contributed by atoms with Gasteiger partial charge in [-0.1, -0.05) is 6.92 Å². The van der Waals surface area contributed by atoms with Crippen molar-refractivity contribution in [3.05, 3.63) is 12.4 Å². The zero-order valence-electron chi connectivity index (χ0n) is 9.17. The van der Waals surface area contributed by atoms with Crippen LogP contribution in [0.1, 0.15) is 19.8 Å². The summed E-state index contributed by atoms with van der Waals surface area (Å²) in [6.07, 6.45) is 5.20. The molecule has 7 heteroatoms. The summed E-state index contributed by atoms with van der Waals surface area (Å²) in [6, 6.07) is 0.230. The molecule has 0 aromatic carbocycles. The summed E-state index contributed by atoms with van der Waals surface area (Å²) in [5, 5.41) is 14.5. The highest BCUT2D eigenvalue weighted by atomic mass is 15.5. The van der Waals surface area contributed by atoms with Gasteiger partial charge in [-0.3, -0.25) is 4.98 Å². The number of anilines is 1. The van der Waals surface area contributed by atoms with E-state index in [1.165, 1.54) is 0 Å². The molecule has 2 heterocycles. The molecule has 0 aliphatic rings. The van der Waals surface area contributed by atoms with Crippen LogP contribution in [0.3, 0.4) is 0 Å². The van der Waals surface area contributed by atoms with E-state index in [0.29, 0.717) is 5.65 Å². The van der Waals surface area contributed by atoms with E-state index >= 15 is 0 Å². The summed E-state index contributed by atoms with van der Waals surface area (Å²) < 4.78 is 1.62. The van der Waals surface area contributed by atoms with Crippen molar-refractivity contribution in [1.29, 1.82) is 0 Å². The highest BCUT2D eigenvalue weighted by molar-refractivity contribution is 5.43. The molecule has 0 saturated carbocycles. The maximum atomic E-state index is 5.83. The SMILES string of the molecule is CCC(N)CCNc1cncc2nnnn12. The van der Waals surface area contributed by atoms with E-state index in [4.69, 9.17) is 5.73 Å². The average Bonchev–Trinajstić information content (AvgIpc) is 2.77. The van der Waals surface area contributed by atoms with Crippen LogP contribution in [0.5, 0.6) is 0 Å². The van der Waals surface area contributed by atoms with Gasteiger partial charge in [-0.15, -0.1) is 5.10 Å². The third-order valence-electron chi connectivity index (χ3n) is 2.45. The van der Waals surface area contributed by atoms with Gasteiger partial charge >= 0.3 is 0 Å². The van der Waals surface area contributed by atoms with E-state index in [1.807, 2.05) is 0 Å². The second-order valence-electron chi connectivity index (χ2n) is 3.63. The Kier molecular flexibility index (Phi) is 3.25. The summed E-state index contributed by atoms with van der Waals surface area (Å²) in [7, 11) is 0. The number of nitrogens with two attached hydrogens (primary N) is 1. The molecular weight excluding hydrogens is 206 g/mol. The monoisotopic (exact) mass is 221 g/mol. The van der Waals surface area contributed by atoms with Crippen molar-refractivity contribution < 1.29 is 0 Å². The second-order valence-corrected chi connectivity index (χ2v) is 3.63. The third-order valence-corrected chi connectivity index (χ3v) is 2.45. The predicted molar refractivity (Wildman–Crippen MR) is 60.0 cm³/mol. The van der Waals surface area contributed by atoms with Gasteiger partial charge in [0, 0.05) is 12.6 Å². The van der Waals surface area contributed by atoms with Crippen LogP contribution in [0, 0.1) is 0 Å². The van der Waals surface area contributed by atoms with E-state index in [9.17, 15) is 0 Å². The lowest BCUT2D eigenvalue weighted by molar-refractivity contribution is 0.612. The summed E-state index contributed by atoms with van der Waals surface area (Å²) in [5.41, 5.74) is 6.46. The lowest BCUT2D eigenvalue weighted by atomic mass is 10.2. The number of rotatable bonds is 5. The molecule has 16 heavy (non-hydrogen) atoms. The first-order valence-corrected chi connectivity index (χ1v) is 5.33. The fourth-order valence-electron chi connectivity index (χ4n) is 1.39. The third kappa shape index (κ3) is 2.25. The van der Waals surface area contributed by atoms with E-state index in [-0.39, 0.29) is 6.04 Å². The Morgan fingerprint density at radius 2 is 2.38 bits per heavy atom. The van der Waals surface area contributed by atoms with Gasteiger partial charge in [0.2, 0.25) is 0 Å². The number of tetrazole rings is 1. The number of aromatic nitrogens is 5. The van der Waals surface area contributed by atoms with Gasteiger partial charge < -0.3 is 11.1 Å². The first-order valence-electron chi connectivity index (χ1n) is 5.33. The fraction of sp³-hybridized carbons (Fsp3) is 0.556. The molecule has 2 aromatic heterocycles. The largest absolute Gasteiger partial charge is 0.369 e. The lowest BCUT2D eigenvalue weighted by Crippen LogP contribution is -2.22. The predicted octanol–water partition coefficient (Wildman–Crippen LogP) is 0.0586. The maximum Gasteiger partial charge on any atom is 0.199 e. The van der Waals surface area contributed by atoms with Crippen molar-refractivity contribution in [3.63, 3.8) is 0 Å².